The molecule has 4 rings (SSSR count). The second kappa shape index (κ2) is 8.66. The number of morpholine rings is 1. The molecule has 0 unspecified atom stereocenters. The van der Waals surface area contributed by atoms with Gasteiger partial charge in [-0.15, -0.1) is 0 Å². The van der Waals surface area contributed by atoms with Crippen LogP contribution in [0.5, 0.6) is 0 Å². The van der Waals surface area contributed by atoms with E-state index in [-0.39, 0.29) is 18.4 Å². The normalized spacial score (nSPS) is 14.4. The molecule has 1 aliphatic heterocycles. The number of rotatable bonds is 5. The van der Waals surface area contributed by atoms with Crippen LogP contribution in [-0.4, -0.2) is 58.8 Å². The van der Waals surface area contributed by atoms with Crippen molar-refractivity contribution in [3.63, 3.8) is 0 Å². The number of pyridine rings is 1. The van der Waals surface area contributed by atoms with Gasteiger partial charge in [-0.1, -0.05) is 18.2 Å². The Bertz CT molecular complexity index is 1040. The van der Waals surface area contributed by atoms with Crippen LogP contribution in [0.25, 0.3) is 10.9 Å². The van der Waals surface area contributed by atoms with Crippen LogP contribution in [0.3, 0.4) is 0 Å². The maximum Gasteiger partial charge on any atom is 0.272 e. The highest BCUT2D eigenvalue weighted by Gasteiger charge is 2.18. The number of benzene rings is 1. The molecule has 1 aliphatic rings. The summed E-state index contributed by atoms with van der Waals surface area (Å²) in [4.78, 5) is 30.5. The lowest BCUT2D eigenvalue weighted by molar-refractivity contribution is -0.135. The number of amides is 2. The molecule has 1 N–H and O–H groups in total. The molecule has 0 radical (unpaired) electrons. The zero-order valence-corrected chi connectivity index (χ0v) is 15.8. The first-order valence-electron chi connectivity index (χ1n) is 9.39. The molecule has 2 amide bonds. The van der Waals surface area contributed by atoms with Gasteiger partial charge in [0.2, 0.25) is 5.91 Å². The van der Waals surface area contributed by atoms with Crippen molar-refractivity contribution in [2.24, 2.45) is 5.10 Å². The molecule has 1 fully saturated rings. The van der Waals surface area contributed by atoms with E-state index in [1.165, 1.54) is 6.20 Å². The predicted molar refractivity (Wildman–Crippen MR) is 109 cm³/mol. The summed E-state index contributed by atoms with van der Waals surface area (Å²) in [5.41, 5.74) is 4.70. The highest BCUT2D eigenvalue weighted by molar-refractivity contribution is 6.01. The summed E-state index contributed by atoms with van der Waals surface area (Å²) in [7, 11) is 0. The number of para-hydroxylation sites is 1. The number of hydrogen-bond acceptors (Lipinski definition) is 5. The van der Waals surface area contributed by atoms with E-state index in [0.29, 0.717) is 31.9 Å². The molecule has 8 heteroatoms. The van der Waals surface area contributed by atoms with Crippen LogP contribution in [0.1, 0.15) is 15.9 Å². The highest BCUT2D eigenvalue weighted by atomic mass is 16.5. The molecule has 0 spiro atoms. The predicted octanol–water partition coefficient (Wildman–Crippen LogP) is 1.66. The quantitative estimate of drug-likeness (QED) is 0.529. The molecule has 1 aromatic carbocycles. The monoisotopic (exact) mass is 391 g/mol. The molecule has 1 saturated heterocycles. The molecule has 0 aliphatic carbocycles. The van der Waals surface area contributed by atoms with Crippen molar-refractivity contribution in [1.29, 1.82) is 0 Å². The maximum atomic E-state index is 12.6. The Kier molecular flexibility index (Phi) is 5.62. The fraction of sp³-hybridized carbons (Fsp3) is 0.238. The summed E-state index contributed by atoms with van der Waals surface area (Å²) >= 11 is 0. The molecular weight excluding hydrogens is 370 g/mol. The van der Waals surface area contributed by atoms with E-state index in [9.17, 15) is 9.59 Å². The van der Waals surface area contributed by atoms with Gasteiger partial charge in [0.1, 0.15) is 6.54 Å². The van der Waals surface area contributed by atoms with Gasteiger partial charge in [0.05, 0.1) is 25.0 Å². The zero-order chi connectivity index (χ0) is 20.1. The van der Waals surface area contributed by atoms with E-state index >= 15 is 0 Å². The van der Waals surface area contributed by atoms with Crippen LogP contribution in [-0.2, 0) is 16.1 Å². The van der Waals surface area contributed by atoms with Crippen LogP contribution in [0.2, 0.25) is 0 Å². The Morgan fingerprint density at radius 3 is 2.79 bits per heavy atom. The number of fused-ring (bicyclic) bond motifs is 1. The first-order valence-corrected chi connectivity index (χ1v) is 9.39. The fourth-order valence-electron chi connectivity index (χ4n) is 3.29. The minimum Gasteiger partial charge on any atom is -0.378 e. The second-order valence-electron chi connectivity index (χ2n) is 6.66. The Morgan fingerprint density at radius 2 is 2.00 bits per heavy atom. The second-order valence-corrected chi connectivity index (χ2v) is 6.66. The van der Waals surface area contributed by atoms with Crippen LogP contribution in [0.4, 0.5) is 0 Å². The van der Waals surface area contributed by atoms with Crippen molar-refractivity contribution in [3.05, 3.63) is 66.1 Å². The van der Waals surface area contributed by atoms with Gasteiger partial charge >= 0.3 is 0 Å². The molecule has 148 valence electrons. The summed E-state index contributed by atoms with van der Waals surface area (Å²) in [6, 6.07) is 11.2. The van der Waals surface area contributed by atoms with Gasteiger partial charge in [-0.2, -0.15) is 5.10 Å². The van der Waals surface area contributed by atoms with Crippen molar-refractivity contribution in [3.8, 4) is 0 Å². The largest absolute Gasteiger partial charge is 0.378 e. The minimum atomic E-state index is -0.333. The third kappa shape index (κ3) is 4.33. The lowest BCUT2D eigenvalue weighted by atomic mass is 10.2. The van der Waals surface area contributed by atoms with Gasteiger partial charge in [-0.05, 0) is 18.2 Å². The minimum absolute atomic E-state index is 0.0578. The summed E-state index contributed by atoms with van der Waals surface area (Å²) < 4.78 is 7.23. The van der Waals surface area contributed by atoms with E-state index < -0.39 is 0 Å². The molecule has 29 heavy (non-hydrogen) atoms. The molecular formula is C21H21N5O3. The van der Waals surface area contributed by atoms with Crippen LogP contribution in [0, 0.1) is 0 Å². The van der Waals surface area contributed by atoms with Gasteiger partial charge in [0.25, 0.3) is 5.91 Å². The number of ether oxygens (including phenoxy) is 1. The SMILES string of the molecule is O=C(NN=Cc1cn(CC(=O)N2CCOCC2)c2ccccc12)c1cccnc1. The Balaban J connectivity index is 1.51. The summed E-state index contributed by atoms with van der Waals surface area (Å²) in [5, 5.41) is 5.03. The molecule has 3 heterocycles. The lowest BCUT2D eigenvalue weighted by Gasteiger charge is -2.27. The van der Waals surface area contributed by atoms with Gasteiger partial charge in [0, 0.05) is 48.1 Å². The molecule has 0 saturated carbocycles. The van der Waals surface area contributed by atoms with E-state index in [1.54, 1.807) is 24.5 Å². The number of hydrogen-bond donors (Lipinski definition) is 1. The Hall–Kier alpha value is -3.52. The highest BCUT2D eigenvalue weighted by Crippen LogP contribution is 2.20. The number of nitrogens with zero attached hydrogens (tertiary/aromatic N) is 4. The van der Waals surface area contributed by atoms with Crippen molar-refractivity contribution in [1.82, 2.24) is 19.9 Å². The summed E-state index contributed by atoms with van der Waals surface area (Å²) in [5.74, 6) is -0.275. The summed E-state index contributed by atoms with van der Waals surface area (Å²) in [6.07, 6.45) is 6.55. The molecule has 0 atom stereocenters. The van der Waals surface area contributed by atoms with Gasteiger partial charge in [0.15, 0.2) is 0 Å². The first kappa shape index (κ1) is 18.8. The molecule has 2 aromatic heterocycles. The molecule has 0 bridgehead atoms. The third-order valence-corrected chi connectivity index (χ3v) is 4.78. The smallest absolute Gasteiger partial charge is 0.272 e. The molecule has 8 nitrogen and oxygen atoms in total. The van der Waals surface area contributed by atoms with Crippen LogP contribution in [0.15, 0.2) is 60.1 Å². The molecule has 3 aromatic rings. The average molecular weight is 391 g/mol. The average Bonchev–Trinajstić information content (AvgIpc) is 3.12. The van der Waals surface area contributed by atoms with Gasteiger partial charge < -0.3 is 14.2 Å². The number of carbonyl (C=O) groups is 2. The van der Waals surface area contributed by atoms with Crippen molar-refractivity contribution >= 4 is 28.9 Å². The topological polar surface area (TPSA) is 88.8 Å². The summed E-state index contributed by atoms with van der Waals surface area (Å²) in [6.45, 7) is 2.63. The van der Waals surface area contributed by atoms with Crippen LogP contribution >= 0.6 is 0 Å². The number of hydrazone groups is 1. The van der Waals surface area contributed by atoms with Crippen molar-refractivity contribution in [2.45, 2.75) is 6.54 Å². The standard InChI is InChI=1S/C21H21N5O3/c27-20(25-8-10-29-11-9-25)15-26-14-17(18-5-1-2-6-19(18)26)13-23-24-21(28)16-4-3-7-22-12-16/h1-7,12-14H,8-11,15H2,(H,24,28). The number of nitrogens with one attached hydrogen (secondary N) is 1. The maximum absolute atomic E-state index is 12.6. The van der Waals surface area contributed by atoms with E-state index in [4.69, 9.17) is 4.74 Å². The fourth-order valence-corrected chi connectivity index (χ4v) is 3.29. The Labute approximate surface area is 167 Å². The van der Waals surface area contributed by atoms with Crippen LogP contribution < -0.4 is 5.43 Å². The number of carbonyl (C=O) groups excluding carboxylic acids is 2. The first-order chi connectivity index (χ1) is 14.2. The van der Waals surface area contributed by atoms with Gasteiger partial charge in [-0.25, -0.2) is 5.43 Å². The van der Waals surface area contributed by atoms with E-state index in [2.05, 4.69) is 15.5 Å². The lowest BCUT2D eigenvalue weighted by Crippen LogP contribution is -2.42. The zero-order valence-electron chi connectivity index (χ0n) is 15.8. The van der Waals surface area contributed by atoms with Gasteiger partial charge in [-0.3, -0.25) is 14.6 Å². The van der Waals surface area contributed by atoms with Crippen molar-refractivity contribution < 1.29 is 14.3 Å². The number of aromatic nitrogens is 2. The van der Waals surface area contributed by atoms with E-state index in [0.717, 1.165) is 16.5 Å². The van der Waals surface area contributed by atoms with E-state index in [1.807, 2.05) is 39.9 Å². The Morgan fingerprint density at radius 1 is 1.17 bits per heavy atom. The third-order valence-electron chi connectivity index (χ3n) is 4.78. The van der Waals surface area contributed by atoms with Crippen molar-refractivity contribution in [2.75, 3.05) is 26.3 Å².